The molecule has 46 heavy (non-hydrogen) atoms. The summed E-state index contributed by atoms with van der Waals surface area (Å²) in [5.74, 6) is 1.03. The van der Waals surface area contributed by atoms with Gasteiger partial charge in [0, 0.05) is 41.9 Å². The number of nitrogens with two attached hydrogens (primary N) is 1. The Balaban J connectivity index is 1.20. The van der Waals surface area contributed by atoms with Crippen molar-refractivity contribution in [2.24, 2.45) is 11.7 Å². The van der Waals surface area contributed by atoms with Crippen LogP contribution in [0.3, 0.4) is 0 Å². The average Bonchev–Trinajstić information content (AvgIpc) is 3.80. The molecule has 2 aliphatic rings. The summed E-state index contributed by atoms with van der Waals surface area (Å²) in [7, 11) is 0. The first-order valence-corrected chi connectivity index (χ1v) is 16.3. The lowest BCUT2D eigenvalue weighted by molar-refractivity contribution is -0.137. The first-order chi connectivity index (χ1) is 22.0. The highest BCUT2D eigenvalue weighted by Crippen LogP contribution is 2.36. The van der Waals surface area contributed by atoms with Gasteiger partial charge in [0.05, 0.1) is 17.1 Å². The Morgan fingerprint density at radius 2 is 1.91 bits per heavy atom. The lowest BCUT2D eigenvalue weighted by atomic mass is 9.92. The maximum Gasteiger partial charge on any atom is 0.416 e. The summed E-state index contributed by atoms with van der Waals surface area (Å²) in [5, 5.41) is 15.0. The zero-order valence-electron chi connectivity index (χ0n) is 26.1. The third kappa shape index (κ3) is 7.70. The van der Waals surface area contributed by atoms with Gasteiger partial charge in [-0.2, -0.15) is 18.2 Å². The zero-order valence-corrected chi connectivity index (χ0v) is 26.1. The summed E-state index contributed by atoms with van der Waals surface area (Å²) in [5.41, 5.74) is 8.65. The highest BCUT2D eigenvalue weighted by atomic mass is 19.4. The molecule has 1 saturated heterocycles. The standard InChI is InChI=1S/C35H42F3N7O/c1-21(39)41-15-14-28-5-3-7-31(42-28)24-10-12-29(13-11-24)45-20-26-19-32(43-33(26)44-34(45)46)25-16-22(17-27(18-25)35(36,37)38)4-2-6-30(40)23-8-9-23/h10-13,16-20,23,28,30-31,42H,2-9,14-15,40H2,1H3,(H2,39,41)(H,43,44,46)/t28-,30+,31-/m0/s1. The lowest BCUT2D eigenvalue weighted by Crippen LogP contribution is -2.39. The summed E-state index contributed by atoms with van der Waals surface area (Å²) < 4.78 is 43.1. The number of hydrogen-bond donors (Lipinski definition) is 5. The number of halogens is 3. The minimum Gasteiger partial charge on any atom is -0.374 e. The van der Waals surface area contributed by atoms with E-state index in [1.54, 1.807) is 25.3 Å². The quantitative estimate of drug-likeness (QED) is 0.0938. The van der Waals surface area contributed by atoms with Crippen LogP contribution < -0.4 is 22.1 Å². The molecule has 0 amide bonds. The van der Waals surface area contributed by atoms with Gasteiger partial charge in [0.15, 0.2) is 0 Å². The zero-order chi connectivity index (χ0) is 32.4. The van der Waals surface area contributed by atoms with Crippen LogP contribution in [0.25, 0.3) is 28.0 Å². The van der Waals surface area contributed by atoms with Crippen molar-refractivity contribution in [3.63, 3.8) is 0 Å². The molecule has 1 aliphatic carbocycles. The fraction of sp³-hybridized carbons (Fsp3) is 0.457. The molecular weight excluding hydrogens is 591 g/mol. The van der Waals surface area contributed by atoms with Gasteiger partial charge in [-0.1, -0.05) is 18.6 Å². The molecule has 8 nitrogen and oxygen atoms in total. The monoisotopic (exact) mass is 633 g/mol. The molecule has 0 unspecified atom stereocenters. The van der Waals surface area contributed by atoms with Gasteiger partial charge in [-0.05, 0) is 117 Å². The third-order valence-electron chi connectivity index (χ3n) is 9.31. The van der Waals surface area contributed by atoms with Crippen LogP contribution >= 0.6 is 0 Å². The van der Waals surface area contributed by atoms with Gasteiger partial charge in [0.1, 0.15) is 5.65 Å². The number of alkyl halides is 3. The van der Waals surface area contributed by atoms with E-state index in [-0.39, 0.29) is 12.1 Å². The van der Waals surface area contributed by atoms with E-state index in [0.717, 1.165) is 69.5 Å². The van der Waals surface area contributed by atoms with E-state index in [9.17, 15) is 18.0 Å². The van der Waals surface area contributed by atoms with Crippen molar-refractivity contribution >= 4 is 16.9 Å². The Labute approximate surface area is 266 Å². The van der Waals surface area contributed by atoms with Crippen molar-refractivity contribution in [2.75, 3.05) is 6.54 Å². The number of aryl methyl sites for hydroxylation is 1. The normalized spacial score (nSPS) is 19.3. The second kappa shape index (κ2) is 13.4. The highest BCUT2D eigenvalue weighted by molar-refractivity contribution is 5.83. The number of amidine groups is 1. The van der Waals surface area contributed by atoms with Crippen molar-refractivity contribution in [3.8, 4) is 16.9 Å². The molecule has 11 heteroatoms. The Kier molecular flexibility index (Phi) is 9.33. The van der Waals surface area contributed by atoms with Crippen LogP contribution in [0.4, 0.5) is 13.2 Å². The number of hydrogen-bond acceptors (Lipinski definition) is 5. The van der Waals surface area contributed by atoms with Crippen LogP contribution in [0.2, 0.25) is 0 Å². The van der Waals surface area contributed by atoms with Gasteiger partial charge in [-0.25, -0.2) is 4.79 Å². The molecule has 4 aromatic rings. The summed E-state index contributed by atoms with van der Waals surface area (Å²) in [6.45, 7) is 2.51. The number of fused-ring (bicyclic) bond motifs is 1. The molecule has 3 atom stereocenters. The largest absolute Gasteiger partial charge is 0.416 e. The molecule has 3 heterocycles. The van der Waals surface area contributed by atoms with Crippen LogP contribution in [0.5, 0.6) is 0 Å². The number of nitrogens with zero attached hydrogens (tertiary/aromatic N) is 2. The van der Waals surface area contributed by atoms with E-state index < -0.39 is 17.4 Å². The highest BCUT2D eigenvalue weighted by Gasteiger charge is 2.32. The predicted molar refractivity (Wildman–Crippen MR) is 175 cm³/mol. The summed E-state index contributed by atoms with van der Waals surface area (Å²) in [6, 6.07) is 14.4. The molecule has 0 spiro atoms. The molecule has 2 fully saturated rings. The predicted octanol–water partition coefficient (Wildman–Crippen LogP) is 6.62. The second-order valence-corrected chi connectivity index (χ2v) is 13.0. The van der Waals surface area contributed by atoms with Gasteiger partial charge < -0.3 is 21.4 Å². The van der Waals surface area contributed by atoms with Crippen LogP contribution in [0, 0.1) is 11.3 Å². The van der Waals surface area contributed by atoms with Crippen molar-refractivity contribution in [1.29, 1.82) is 5.41 Å². The minimum atomic E-state index is -4.48. The molecule has 6 rings (SSSR count). The smallest absolute Gasteiger partial charge is 0.374 e. The molecule has 1 saturated carbocycles. The van der Waals surface area contributed by atoms with Crippen molar-refractivity contribution in [3.05, 3.63) is 81.9 Å². The Hall–Kier alpha value is -3.96. The molecule has 2 aromatic heterocycles. The fourth-order valence-electron chi connectivity index (χ4n) is 6.60. The van der Waals surface area contributed by atoms with Gasteiger partial charge in [-0.3, -0.25) is 9.98 Å². The van der Waals surface area contributed by atoms with E-state index in [4.69, 9.17) is 11.1 Å². The van der Waals surface area contributed by atoms with Crippen LogP contribution in [-0.2, 0) is 12.6 Å². The van der Waals surface area contributed by atoms with Crippen LogP contribution in [0.1, 0.15) is 81.0 Å². The number of nitrogens with one attached hydrogen (secondary N) is 4. The fourth-order valence-corrected chi connectivity index (χ4v) is 6.60. The number of aromatic nitrogens is 3. The average molecular weight is 634 g/mol. The minimum absolute atomic E-state index is 0.112. The summed E-state index contributed by atoms with van der Waals surface area (Å²) >= 11 is 0. The number of piperidine rings is 1. The first kappa shape index (κ1) is 32.0. The Morgan fingerprint density at radius 3 is 2.63 bits per heavy atom. The van der Waals surface area contributed by atoms with Crippen molar-refractivity contribution in [2.45, 2.75) is 89.0 Å². The molecule has 6 N–H and O–H groups in total. The molecule has 0 bridgehead atoms. The van der Waals surface area contributed by atoms with Gasteiger partial charge >= 0.3 is 11.9 Å². The third-order valence-corrected chi connectivity index (χ3v) is 9.31. The van der Waals surface area contributed by atoms with Gasteiger partial charge in [0.25, 0.3) is 0 Å². The van der Waals surface area contributed by atoms with E-state index in [1.165, 1.54) is 10.6 Å². The Bertz CT molecular complexity index is 1740. The molecule has 2 aromatic carbocycles. The van der Waals surface area contributed by atoms with Crippen LogP contribution in [-0.4, -0.2) is 39.0 Å². The molecular formula is C35H42F3N7O. The van der Waals surface area contributed by atoms with Crippen LogP contribution in [0.15, 0.2) is 59.5 Å². The SMILES string of the molecule is CC(=N)NCC[C@@H]1CCC[C@@H](c2ccc(-n3cc4cc(-c5cc(CCC[C@@H](N)C6CC6)cc(C(F)(F)F)c5)[nH]c4nc3=O)cc2)N1. The van der Waals surface area contributed by atoms with E-state index >= 15 is 0 Å². The maximum absolute atomic E-state index is 13.9. The summed E-state index contributed by atoms with van der Waals surface area (Å²) in [4.78, 5) is 20.4. The van der Waals surface area contributed by atoms with E-state index in [1.807, 2.05) is 24.3 Å². The van der Waals surface area contributed by atoms with E-state index in [0.29, 0.717) is 57.8 Å². The van der Waals surface area contributed by atoms with Gasteiger partial charge in [-0.15, -0.1) is 0 Å². The van der Waals surface area contributed by atoms with Crippen molar-refractivity contribution < 1.29 is 13.2 Å². The topological polar surface area (TPSA) is 125 Å². The van der Waals surface area contributed by atoms with Crippen molar-refractivity contribution in [1.82, 2.24) is 25.2 Å². The first-order valence-electron chi connectivity index (χ1n) is 16.3. The van der Waals surface area contributed by atoms with E-state index in [2.05, 4.69) is 20.6 Å². The Morgan fingerprint density at radius 1 is 1.13 bits per heavy atom. The summed E-state index contributed by atoms with van der Waals surface area (Å²) in [6.07, 6.45) is 5.70. The number of rotatable bonds is 11. The number of aromatic amines is 1. The number of benzene rings is 2. The maximum atomic E-state index is 13.9. The molecule has 0 radical (unpaired) electrons. The van der Waals surface area contributed by atoms with Gasteiger partial charge in [0.2, 0.25) is 0 Å². The lowest BCUT2D eigenvalue weighted by Gasteiger charge is -2.31. The molecule has 1 aliphatic heterocycles. The number of H-pyrrole nitrogens is 1. The second-order valence-electron chi connectivity index (χ2n) is 13.0. The molecule has 244 valence electrons.